The number of hydrogen-bond acceptors (Lipinski definition) is 1. The Morgan fingerprint density at radius 2 is 2.18 bits per heavy atom. The van der Waals surface area contributed by atoms with Crippen molar-refractivity contribution in [2.45, 2.75) is 27.3 Å². The predicted molar refractivity (Wildman–Crippen MR) is 44.3 cm³/mol. The number of aryl methyl sites for hydroxylation is 2. The number of rotatable bonds is 2. The van der Waals surface area contributed by atoms with Gasteiger partial charge in [0.25, 0.3) is 0 Å². The van der Waals surface area contributed by atoms with Gasteiger partial charge in [0.05, 0.1) is 6.54 Å². The summed E-state index contributed by atoms with van der Waals surface area (Å²) in [6.07, 6.45) is 1.67. The highest BCUT2D eigenvalue weighted by Crippen LogP contribution is 1.94. The summed E-state index contributed by atoms with van der Waals surface area (Å²) in [5.41, 5.74) is 1.01. The monoisotopic (exact) mass is 158 g/mol. The van der Waals surface area contributed by atoms with E-state index in [4.69, 9.17) is 0 Å². The van der Waals surface area contributed by atoms with E-state index in [0.717, 1.165) is 5.69 Å². The normalized spacial score (nSPS) is 8.73. The van der Waals surface area contributed by atoms with Gasteiger partial charge in [0, 0.05) is 11.9 Å². The number of aromatic nitrogens is 2. The topological polar surface area (TPSA) is 17.8 Å². The van der Waals surface area contributed by atoms with Crippen molar-refractivity contribution in [1.29, 1.82) is 0 Å². The van der Waals surface area contributed by atoms with E-state index in [1.54, 1.807) is 10.9 Å². The van der Waals surface area contributed by atoms with Crippen LogP contribution in [-0.2, 0) is 6.54 Å². The van der Waals surface area contributed by atoms with Crippen LogP contribution in [0, 0.1) is 6.92 Å². The van der Waals surface area contributed by atoms with Crippen LogP contribution in [0.3, 0.4) is 0 Å². The molecule has 0 N–H and O–H groups in total. The number of nitrogens with zero attached hydrogens (tertiary/aromatic N) is 2. The second-order valence-electron chi connectivity index (χ2n) is 1.88. The third kappa shape index (κ3) is 3.16. The summed E-state index contributed by atoms with van der Waals surface area (Å²) in [7, 11) is 0. The lowest BCUT2D eigenvalue weighted by Gasteiger charge is -1.97. The molecule has 1 aromatic rings. The zero-order chi connectivity index (χ0) is 8.69. The van der Waals surface area contributed by atoms with Gasteiger partial charge in [-0.1, -0.05) is 13.8 Å². The van der Waals surface area contributed by atoms with Crippen molar-refractivity contribution in [1.82, 2.24) is 9.78 Å². The molecule has 1 rings (SSSR count). The molecule has 0 aliphatic heterocycles. The van der Waals surface area contributed by atoms with E-state index in [-0.39, 0.29) is 6.67 Å². The Kier molecular flexibility index (Phi) is 5.43. The van der Waals surface area contributed by atoms with Gasteiger partial charge in [0.15, 0.2) is 0 Å². The molecule has 0 saturated carbocycles. The van der Waals surface area contributed by atoms with Crippen LogP contribution in [-0.4, -0.2) is 16.5 Å². The highest BCUT2D eigenvalue weighted by molar-refractivity contribution is 4.96. The van der Waals surface area contributed by atoms with Crippen LogP contribution >= 0.6 is 0 Å². The first-order chi connectivity index (χ1) is 5.34. The van der Waals surface area contributed by atoms with Gasteiger partial charge in [-0.05, 0) is 13.0 Å². The standard InChI is InChI=1S/C6H9FN2.C2H6/c1-6-2-4-8-9(6)5-3-7;1-2/h2,4H,3,5H2,1H3;1-2H3. The first-order valence-electron chi connectivity index (χ1n) is 3.89. The maximum atomic E-state index is 11.7. The Hall–Kier alpha value is -0.860. The van der Waals surface area contributed by atoms with E-state index >= 15 is 0 Å². The minimum Gasteiger partial charge on any atom is -0.267 e. The molecule has 0 amide bonds. The molecule has 1 aromatic heterocycles. The van der Waals surface area contributed by atoms with Crippen LogP contribution in [0.15, 0.2) is 12.3 Å². The highest BCUT2D eigenvalue weighted by Gasteiger charge is 1.92. The average molecular weight is 158 g/mol. The molecule has 0 spiro atoms. The van der Waals surface area contributed by atoms with Crippen molar-refractivity contribution in [3.63, 3.8) is 0 Å². The summed E-state index contributed by atoms with van der Waals surface area (Å²) in [6, 6.07) is 1.86. The first-order valence-corrected chi connectivity index (χ1v) is 3.89. The van der Waals surface area contributed by atoms with E-state index in [1.807, 2.05) is 26.8 Å². The lowest BCUT2D eigenvalue weighted by Crippen LogP contribution is -2.02. The van der Waals surface area contributed by atoms with Gasteiger partial charge in [-0.15, -0.1) is 0 Å². The minimum atomic E-state index is -0.345. The van der Waals surface area contributed by atoms with E-state index in [1.165, 1.54) is 0 Å². The molecule has 0 atom stereocenters. The van der Waals surface area contributed by atoms with E-state index in [2.05, 4.69) is 5.10 Å². The van der Waals surface area contributed by atoms with Crippen LogP contribution in [0.2, 0.25) is 0 Å². The van der Waals surface area contributed by atoms with E-state index < -0.39 is 0 Å². The Morgan fingerprint density at radius 1 is 1.55 bits per heavy atom. The van der Waals surface area contributed by atoms with Crippen molar-refractivity contribution in [3.05, 3.63) is 18.0 Å². The van der Waals surface area contributed by atoms with Crippen LogP contribution in [0.25, 0.3) is 0 Å². The summed E-state index contributed by atoms with van der Waals surface area (Å²) in [6.45, 7) is 5.93. The summed E-state index contributed by atoms with van der Waals surface area (Å²) in [5, 5.41) is 3.88. The van der Waals surface area contributed by atoms with Crippen molar-refractivity contribution in [2.75, 3.05) is 6.67 Å². The molecule has 11 heavy (non-hydrogen) atoms. The molecule has 0 fully saturated rings. The Morgan fingerprint density at radius 3 is 2.55 bits per heavy atom. The fourth-order valence-corrected chi connectivity index (χ4v) is 0.713. The number of alkyl halides is 1. The van der Waals surface area contributed by atoms with Crippen molar-refractivity contribution in [3.8, 4) is 0 Å². The molecule has 0 unspecified atom stereocenters. The molecule has 3 heteroatoms. The maximum Gasteiger partial charge on any atom is 0.109 e. The van der Waals surface area contributed by atoms with Crippen LogP contribution in [0.1, 0.15) is 19.5 Å². The van der Waals surface area contributed by atoms with Gasteiger partial charge in [-0.25, -0.2) is 4.39 Å². The van der Waals surface area contributed by atoms with Gasteiger partial charge in [0.2, 0.25) is 0 Å². The summed E-state index contributed by atoms with van der Waals surface area (Å²) in [5.74, 6) is 0. The maximum absolute atomic E-state index is 11.7. The average Bonchev–Trinajstić information content (AvgIpc) is 2.42. The second-order valence-corrected chi connectivity index (χ2v) is 1.88. The third-order valence-electron chi connectivity index (χ3n) is 1.23. The number of halogens is 1. The lowest BCUT2D eigenvalue weighted by molar-refractivity contribution is 0.423. The van der Waals surface area contributed by atoms with Crippen molar-refractivity contribution >= 4 is 0 Å². The minimum absolute atomic E-state index is 0.345. The summed E-state index contributed by atoms with van der Waals surface area (Å²) >= 11 is 0. The van der Waals surface area contributed by atoms with Crippen LogP contribution in [0.4, 0.5) is 4.39 Å². The zero-order valence-corrected chi connectivity index (χ0v) is 7.34. The molecule has 0 bridgehead atoms. The molecule has 0 saturated heterocycles. The number of hydrogen-bond donors (Lipinski definition) is 0. The van der Waals surface area contributed by atoms with E-state index in [0.29, 0.717) is 6.54 Å². The van der Waals surface area contributed by atoms with Gasteiger partial charge >= 0.3 is 0 Å². The van der Waals surface area contributed by atoms with Gasteiger partial charge in [-0.3, -0.25) is 4.68 Å². The zero-order valence-electron chi connectivity index (χ0n) is 7.34. The fourth-order valence-electron chi connectivity index (χ4n) is 0.713. The molecular formula is C8H15FN2. The van der Waals surface area contributed by atoms with Crippen LogP contribution in [0.5, 0.6) is 0 Å². The molecule has 2 nitrogen and oxygen atoms in total. The molecule has 0 radical (unpaired) electrons. The smallest absolute Gasteiger partial charge is 0.109 e. The lowest BCUT2D eigenvalue weighted by atomic mass is 10.5. The van der Waals surface area contributed by atoms with Crippen molar-refractivity contribution < 1.29 is 4.39 Å². The second kappa shape index (κ2) is 5.89. The first kappa shape index (κ1) is 10.1. The van der Waals surface area contributed by atoms with Gasteiger partial charge in [-0.2, -0.15) is 5.10 Å². The highest BCUT2D eigenvalue weighted by atomic mass is 19.1. The summed E-state index contributed by atoms with van der Waals surface area (Å²) < 4.78 is 13.3. The van der Waals surface area contributed by atoms with Crippen LogP contribution < -0.4 is 0 Å². The Labute approximate surface area is 67.0 Å². The van der Waals surface area contributed by atoms with Gasteiger partial charge < -0.3 is 0 Å². The quantitative estimate of drug-likeness (QED) is 0.645. The predicted octanol–water partition coefficient (Wildman–Crippen LogP) is 2.19. The molecule has 0 aromatic carbocycles. The van der Waals surface area contributed by atoms with Gasteiger partial charge in [0.1, 0.15) is 6.67 Å². The molecule has 64 valence electrons. The molecule has 1 heterocycles. The summed E-state index contributed by atoms with van der Waals surface area (Å²) in [4.78, 5) is 0. The molecule has 0 aliphatic rings. The Balaban J connectivity index is 0.000000461. The molecule has 0 aliphatic carbocycles. The Bertz CT molecular complexity index is 184. The fraction of sp³-hybridized carbons (Fsp3) is 0.625. The largest absolute Gasteiger partial charge is 0.267 e. The van der Waals surface area contributed by atoms with Crippen molar-refractivity contribution in [2.24, 2.45) is 0 Å². The molecular weight excluding hydrogens is 143 g/mol. The SMILES string of the molecule is CC.Cc1ccnn1CCF. The third-order valence-corrected chi connectivity index (χ3v) is 1.23. The van der Waals surface area contributed by atoms with E-state index in [9.17, 15) is 4.39 Å².